The number of hydrogen-bond donors (Lipinski definition) is 1. The van der Waals surface area contributed by atoms with Gasteiger partial charge in [-0.25, -0.2) is 0 Å². The summed E-state index contributed by atoms with van der Waals surface area (Å²) in [4.78, 5) is 24.7. The Morgan fingerprint density at radius 3 is 0.698 bits per heavy atom. The Labute approximate surface area is 529 Å². The molecule has 0 heterocycles. The summed E-state index contributed by atoms with van der Waals surface area (Å²) in [7, 11) is 0. The molecular weight excluding hydrogens is 1050 g/mol. The largest absolute Gasteiger partial charge is 0.462 e. The lowest BCUT2D eigenvalue weighted by Crippen LogP contribution is -2.28. The summed E-state index contributed by atoms with van der Waals surface area (Å²) in [5, 5.41) is 9.70. The Kier molecular flexibility index (Phi) is 68.5. The summed E-state index contributed by atoms with van der Waals surface area (Å²) in [5.41, 5.74) is 0. The summed E-state index contributed by atoms with van der Waals surface area (Å²) < 4.78 is 10.7. The fraction of sp³-hybridized carbons (Fsp3) is 0.531. The van der Waals surface area contributed by atoms with Gasteiger partial charge in [0.05, 0.1) is 6.61 Å². The van der Waals surface area contributed by atoms with E-state index < -0.39 is 6.10 Å². The number of aliphatic hydroxyl groups excluding tert-OH is 1. The number of hydrogen-bond acceptors (Lipinski definition) is 5. The van der Waals surface area contributed by atoms with Crippen molar-refractivity contribution in [3.63, 3.8) is 0 Å². The second-order valence-corrected chi connectivity index (χ2v) is 21.8. The first-order valence-electron chi connectivity index (χ1n) is 34.3. The molecule has 0 aliphatic rings. The molecule has 0 rings (SSSR count). The smallest absolute Gasteiger partial charge is 0.306 e. The van der Waals surface area contributed by atoms with Gasteiger partial charge in [-0.2, -0.15) is 0 Å². The van der Waals surface area contributed by atoms with Crippen molar-refractivity contribution >= 4 is 11.9 Å². The molecule has 0 saturated heterocycles. The number of aliphatic hydroxyl groups is 1. The second-order valence-electron chi connectivity index (χ2n) is 21.8. The highest BCUT2D eigenvalue weighted by molar-refractivity contribution is 5.70. The van der Waals surface area contributed by atoms with Crippen LogP contribution in [0.2, 0.25) is 0 Å². The van der Waals surface area contributed by atoms with Crippen molar-refractivity contribution in [3.05, 3.63) is 219 Å². The summed E-state index contributed by atoms with van der Waals surface area (Å²) in [6, 6.07) is 0. The van der Waals surface area contributed by atoms with E-state index in [0.29, 0.717) is 12.8 Å². The molecule has 0 aliphatic carbocycles. The van der Waals surface area contributed by atoms with Gasteiger partial charge in [-0.05, 0) is 154 Å². The number of allylic oxidation sites excluding steroid dienone is 36. The van der Waals surface area contributed by atoms with Gasteiger partial charge >= 0.3 is 11.9 Å². The van der Waals surface area contributed by atoms with Gasteiger partial charge in [0.25, 0.3) is 0 Å². The van der Waals surface area contributed by atoms with Crippen molar-refractivity contribution in [2.45, 2.75) is 264 Å². The number of ether oxygens (including phenoxy) is 2. The third kappa shape index (κ3) is 70.7. The van der Waals surface area contributed by atoms with E-state index in [1.54, 1.807) is 0 Å². The van der Waals surface area contributed by atoms with Gasteiger partial charge in [0, 0.05) is 12.8 Å². The van der Waals surface area contributed by atoms with Gasteiger partial charge in [-0.3, -0.25) is 9.59 Å². The summed E-state index contributed by atoms with van der Waals surface area (Å²) in [5.74, 6) is -0.625. The molecule has 478 valence electrons. The minimum absolute atomic E-state index is 0.0885. The highest BCUT2D eigenvalue weighted by Crippen LogP contribution is 2.14. The number of rotatable bonds is 60. The molecule has 0 aliphatic heterocycles. The van der Waals surface area contributed by atoms with Crippen LogP contribution in [0.1, 0.15) is 258 Å². The van der Waals surface area contributed by atoms with E-state index in [-0.39, 0.29) is 25.2 Å². The number of unbranched alkanes of at least 4 members (excludes halogenated alkanes) is 16. The molecule has 1 atom stereocenters. The fourth-order valence-corrected chi connectivity index (χ4v) is 8.72. The van der Waals surface area contributed by atoms with E-state index in [2.05, 4.69) is 233 Å². The summed E-state index contributed by atoms with van der Waals surface area (Å²) in [6.07, 6.45) is 119. The van der Waals surface area contributed by atoms with Gasteiger partial charge in [0.2, 0.25) is 0 Å². The van der Waals surface area contributed by atoms with Crippen molar-refractivity contribution in [1.82, 2.24) is 0 Å². The molecule has 0 radical (unpaired) electrons. The van der Waals surface area contributed by atoms with E-state index in [4.69, 9.17) is 9.47 Å². The fourth-order valence-electron chi connectivity index (χ4n) is 8.72. The first-order valence-corrected chi connectivity index (χ1v) is 34.3. The van der Waals surface area contributed by atoms with Crippen molar-refractivity contribution in [1.29, 1.82) is 0 Å². The average Bonchev–Trinajstić information content (AvgIpc) is 3.53. The van der Waals surface area contributed by atoms with Crippen LogP contribution in [0.15, 0.2) is 219 Å². The van der Waals surface area contributed by atoms with Gasteiger partial charge in [-0.1, -0.05) is 310 Å². The average molecular weight is 1180 g/mol. The van der Waals surface area contributed by atoms with Crippen LogP contribution in [0.25, 0.3) is 0 Å². The normalized spacial score (nSPS) is 13.7. The molecule has 0 aromatic carbocycles. The van der Waals surface area contributed by atoms with Crippen LogP contribution in [0.5, 0.6) is 0 Å². The van der Waals surface area contributed by atoms with Gasteiger partial charge in [0.1, 0.15) is 6.61 Å². The maximum Gasteiger partial charge on any atom is 0.306 e. The van der Waals surface area contributed by atoms with Crippen LogP contribution < -0.4 is 0 Å². The van der Waals surface area contributed by atoms with E-state index in [0.717, 1.165) is 167 Å². The molecule has 0 bridgehead atoms. The van der Waals surface area contributed by atoms with Gasteiger partial charge < -0.3 is 14.6 Å². The van der Waals surface area contributed by atoms with E-state index >= 15 is 0 Å². The summed E-state index contributed by atoms with van der Waals surface area (Å²) in [6.45, 7) is 3.89. The maximum absolute atomic E-state index is 12.4. The molecule has 5 heteroatoms. The topological polar surface area (TPSA) is 72.8 Å². The lowest BCUT2D eigenvalue weighted by atomic mass is 10.1. The predicted octanol–water partition coefficient (Wildman–Crippen LogP) is 24.3. The molecule has 0 aromatic rings. The van der Waals surface area contributed by atoms with E-state index in [1.165, 1.54) is 64.2 Å². The van der Waals surface area contributed by atoms with Crippen molar-refractivity contribution in [2.24, 2.45) is 0 Å². The molecule has 0 spiro atoms. The quantitative estimate of drug-likeness (QED) is 0.0373. The van der Waals surface area contributed by atoms with Crippen molar-refractivity contribution in [3.8, 4) is 0 Å². The van der Waals surface area contributed by atoms with E-state index in [1.807, 2.05) is 0 Å². The molecule has 1 unspecified atom stereocenters. The standard InChI is InChI=1S/C81H124O5/c1-3-5-7-9-11-13-15-17-19-21-23-25-27-29-31-33-35-37-39-40-42-44-46-48-50-52-54-56-58-60-62-64-66-68-70-72-74-76-81(84)86-79(77-82)78-85-80(83)75-73-71-69-67-65-63-61-59-57-55-53-51-49-47-45-43-41-38-36-34-32-30-28-26-24-22-20-18-16-14-12-10-8-6-4-2/h5-8,11-14,17-20,23-26,29-32,35-38,40,42-43,45-46,48-49,51-52,54-55,57,79,82H,3-4,9-10,15-16,21-22,27-28,33-34,39,41,44,47,50,53,56,58-78H2,1-2H3/b7-5-,8-6-,13-11-,14-12-,19-17-,20-18-,25-23-,26-24-,31-29-,32-30-,37-35-,38-36-,42-40-,45-43-,48-46-,51-49-,54-52-,57-55-. The van der Waals surface area contributed by atoms with Crippen LogP contribution in [0.4, 0.5) is 0 Å². The van der Waals surface area contributed by atoms with Gasteiger partial charge in [-0.15, -0.1) is 0 Å². The SMILES string of the molecule is CC/C=C\C/C=C\C/C=C\C/C=C\C/C=C\C/C=C\C/C=C\C/C=C\C/C=C\CCCCCCCCCCCC(=O)OC(CO)COC(=O)CCCCCCCCC/C=C\C/C=C\C/C=C\C/C=C\C/C=C\C/C=C\C/C=C\C/C=C\C/C=C\CC. The Morgan fingerprint density at radius 2 is 0.465 bits per heavy atom. The lowest BCUT2D eigenvalue weighted by Gasteiger charge is -2.15. The van der Waals surface area contributed by atoms with Crippen molar-refractivity contribution < 1.29 is 24.2 Å². The van der Waals surface area contributed by atoms with Gasteiger partial charge in [0.15, 0.2) is 6.10 Å². The second kappa shape index (κ2) is 73.5. The Bertz CT molecular complexity index is 2060. The molecular formula is C81H124O5. The van der Waals surface area contributed by atoms with Crippen LogP contribution in [0.3, 0.4) is 0 Å². The zero-order chi connectivity index (χ0) is 61.9. The van der Waals surface area contributed by atoms with Crippen LogP contribution >= 0.6 is 0 Å². The first kappa shape index (κ1) is 80.2. The number of carbonyl (C=O) groups is 2. The lowest BCUT2D eigenvalue weighted by molar-refractivity contribution is -0.161. The third-order valence-corrected chi connectivity index (χ3v) is 13.8. The highest BCUT2D eigenvalue weighted by atomic mass is 16.6. The molecule has 0 fully saturated rings. The van der Waals surface area contributed by atoms with Crippen LogP contribution in [0, 0.1) is 0 Å². The molecule has 86 heavy (non-hydrogen) atoms. The molecule has 0 saturated carbocycles. The van der Waals surface area contributed by atoms with Crippen LogP contribution in [-0.4, -0.2) is 36.4 Å². The zero-order valence-electron chi connectivity index (χ0n) is 54.7. The Hall–Kier alpha value is -5.78. The Morgan fingerprint density at radius 1 is 0.267 bits per heavy atom. The van der Waals surface area contributed by atoms with Crippen LogP contribution in [-0.2, 0) is 19.1 Å². The monoisotopic (exact) mass is 1180 g/mol. The highest BCUT2D eigenvalue weighted by Gasteiger charge is 2.16. The zero-order valence-corrected chi connectivity index (χ0v) is 54.7. The minimum atomic E-state index is -0.799. The minimum Gasteiger partial charge on any atom is -0.462 e. The summed E-state index contributed by atoms with van der Waals surface area (Å²) >= 11 is 0. The third-order valence-electron chi connectivity index (χ3n) is 13.8. The molecule has 5 nitrogen and oxygen atoms in total. The van der Waals surface area contributed by atoms with Crippen molar-refractivity contribution in [2.75, 3.05) is 13.2 Å². The van der Waals surface area contributed by atoms with E-state index in [9.17, 15) is 14.7 Å². The first-order chi connectivity index (χ1) is 42.6. The molecule has 0 amide bonds. The molecule has 1 N–H and O–H groups in total. The number of carbonyl (C=O) groups excluding carboxylic acids is 2. The molecule has 0 aromatic heterocycles. The maximum atomic E-state index is 12.4. The predicted molar refractivity (Wildman–Crippen MR) is 379 cm³/mol. The Balaban J connectivity index is 3.63. The number of esters is 2.